The van der Waals surface area contributed by atoms with Gasteiger partial charge in [-0.2, -0.15) is 5.26 Å². The Kier molecular flexibility index (Phi) is 3.84. The van der Waals surface area contributed by atoms with Crippen LogP contribution in [0.15, 0.2) is 18.2 Å². The highest BCUT2D eigenvalue weighted by Gasteiger charge is 2.15. The Hall–Kier alpha value is -2.09. The van der Waals surface area contributed by atoms with Gasteiger partial charge in [-0.05, 0) is 18.6 Å². The van der Waals surface area contributed by atoms with Crippen molar-refractivity contribution >= 4 is 5.91 Å². The molecule has 4 nitrogen and oxygen atoms in total. The van der Waals surface area contributed by atoms with E-state index in [1.165, 1.54) is 12.1 Å². The molecule has 0 bridgehead atoms. The van der Waals surface area contributed by atoms with Gasteiger partial charge in [0.1, 0.15) is 17.6 Å². The summed E-state index contributed by atoms with van der Waals surface area (Å²) in [5.41, 5.74) is -0.188. The average molecular weight is 222 g/mol. The zero-order valence-corrected chi connectivity index (χ0v) is 8.70. The van der Waals surface area contributed by atoms with Crippen molar-refractivity contribution in [2.45, 2.75) is 19.4 Å². The summed E-state index contributed by atoms with van der Waals surface area (Å²) in [4.78, 5) is 11.5. The molecule has 0 aliphatic heterocycles. The molecule has 1 atom stereocenters. The normalized spacial score (nSPS) is 11.6. The van der Waals surface area contributed by atoms with Crippen molar-refractivity contribution in [3.63, 3.8) is 0 Å². The van der Waals surface area contributed by atoms with Crippen molar-refractivity contribution in [3.05, 3.63) is 29.6 Å². The zero-order valence-electron chi connectivity index (χ0n) is 8.70. The minimum Gasteiger partial charge on any atom is -0.508 e. The van der Waals surface area contributed by atoms with Gasteiger partial charge in [0.2, 0.25) is 0 Å². The van der Waals surface area contributed by atoms with Crippen LogP contribution >= 0.6 is 0 Å². The molecule has 0 aliphatic carbocycles. The summed E-state index contributed by atoms with van der Waals surface area (Å²) in [6.45, 7) is 1.74. The second-order valence-corrected chi connectivity index (χ2v) is 3.23. The molecule has 1 amide bonds. The smallest absolute Gasteiger partial charge is 0.255 e. The van der Waals surface area contributed by atoms with E-state index in [9.17, 15) is 9.18 Å². The number of rotatable bonds is 3. The second kappa shape index (κ2) is 5.12. The maximum absolute atomic E-state index is 13.3. The fourth-order valence-corrected chi connectivity index (χ4v) is 1.15. The number of benzene rings is 1. The van der Waals surface area contributed by atoms with E-state index in [0.717, 1.165) is 6.07 Å². The van der Waals surface area contributed by atoms with Crippen LogP contribution in [0.1, 0.15) is 23.7 Å². The van der Waals surface area contributed by atoms with Crippen LogP contribution in [-0.2, 0) is 0 Å². The molecule has 0 saturated carbocycles. The average Bonchev–Trinajstić information content (AvgIpc) is 2.25. The molecule has 0 radical (unpaired) electrons. The summed E-state index contributed by atoms with van der Waals surface area (Å²) in [5, 5.41) is 20.0. The molecule has 0 heterocycles. The Morgan fingerprint density at radius 1 is 1.69 bits per heavy atom. The van der Waals surface area contributed by atoms with E-state index in [4.69, 9.17) is 10.4 Å². The summed E-state index contributed by atoms with van der Waals surface area (Å²) in [6, 6.07) is 4.48. The van der Waals surface area contributed by atoms with Crippen molar-refractivity contribution in [3.8, 4) is 11.8 Å². The van der Waals surface area contributed by atoms with Gasteiger partial charge in [0.15, 0.2) is 0 Å². The number of phenols is 1. The van der Waals surface area contributed by atoms with E-state index >= 15 is 0 Å². The van der Waals surface area contributed by atoms with E-state index in [0.29, 0.717) is 6.42 Å². The number of carbonyl (C=O) groups excluding carboxylic acids is 1. The van der Waals surface area contributed by atoms with Crippen LogP contribution in [0.5, 0.6) is 5.75 Å². The van der Waals surface area contributed by atoms with Gasteiger partial charge in [-0.1, -0.05) is 6.92 Å². The lowest BCUT2D eigenvalue weighted by Gasteiger charge is -2.09. The highest BCUT2D eigenvalue weighted by molar-refractivity contribution is 5.94. The van der Waals surface area contributed by atoms with Crippen LogP contribution in [0, 0.1) is 17.1 Å². The number of nitrogens with one attached hydrogen (secondary N) is 1. The number of carbonyl (C=O) groups is 1. The highest BCUT2D eigenvalue weighted by atomic mass is 19.1. The van der Waals surface area contributed by atoms with Crippen molar-refractivity contribution < 1.29 is 14.3 Å². The van der Waals surface area contributed by atoms with E-state index in [1.807, 2.05) is 6.07 Å². The lowest BCUT2D eigenvalue weighted by molar-refractivity contribution is 0.0940. The minimum atomic E-state index is -0.815. The van der Waals surface area contributed by atoms with Gasteiger partial charge in [-0.25, -0.2) is 4.39 Å². The van der Waals surface area contributed by atoms with Crippen LogP contribution in [0.2, 0.25) is 0 Å². The number of hydrogen-bond donors (Lipinski definition) is 2. The van der Waals surface area contributed by atoms with Crippen molar-refractivity contribution in [2.24, 2.45) is 0 Å². The first-order chi connectivity index (χ1) is 7.58. The number of amides is 1. The molecule has 2 N–H and O–H groups in total. The highest BCUT2D eigenvalue weighted by Crippen LogP contribution is 2.15. The van der Waals surface area contributed by atoms with Gasteiger partial charge < -0.3 is 10.4 Å². The quantitative estimate of drug-likeness (QED) is 0.815. The summed E-state index contributed by atoms with van der Waals surface area (Å²) >= 11 is 0. The molecule has 0 spiro atoms. The third-order valence-electron chi connectivity index (χ3n) is 2.07. The van der Waals surface area contributed by atoms with E-state index < -0.39 is 17.8 Å². The van der Waals surface area contributed by atoms with Crippen LogP contribution in [-0.4, -0.2) is 17.1 Å². The SMILES string of the molecule is CC[C@@H](C#N)NC(=O)c1ccc(O)cc1F. The maximum Gasteiger partial charge on any atom is 0.255 e. The molecule has 0 saturated heterocycles. The first-order valence-corrected chi connectivity index (χ1v) is 4.77. The number of nitrogens with zero attached hydrogens (tertiary/aromatic N) is 1. The van der Waals surface area contributed by atoms with Crippen molar-refractivity contribution in [1.29, 1.82) is 5.26 Å². The largest absolute Gasteiger partial charge is 0.508 e. The minimum absolute atomic E-state index is 0.188. The Labute approximate surface area is 92.3 Å². The number of nitriles is 1. The standard InChI is InChI=1S/C11H11FN2O2/c1-2-7(6-13)14-11(16)9-4-3-8(15)5-10(9)12/h3-5,7,15H,2H2,1H3,(H,14,16)/t7-/m0/s1. The number of phenolic OH excluding ortho intramolecular Hbond substituents is 1. The fourth-order valence-electron chi connectivity index (χ4n) is 1.15. The molecular formula is C11H11FN2O2. The van der Waals surface area contributed by atoms with Gasteiger partial charge in [-0.3, -0.25) is 4.79 Å². The Morgan fingerprint density at radius 2 is 2.38 bits per heavy atom. The topological polar surface area (TPSA) is 73.1 Å². The maximum atomic E-state index is 13.3. The molecule has 1 rings (SSSR count). The van der Waals surface area contributed by atoms with Crippen LogP contribution in [0.3, 0.4) is 0 Å². The van der Waals surface area contributed by atoms with Gasteiger partial charge in [0, 0.05) is 6.07 Å². The Balaban J connectivity index is 2.85. The van der Waals surface area contributed by atoms with Gasteiger partial charge >= 0.3 is 0 Å². The molecule has 1 aromatic rings. The van der Waals surface area contributed by atoms with Crippen LogP contribution in [0.25, 0.3) is 0 Å². The van der Waals surface area contributed by atoms with Crippen LogP contribution in [0.4, 0.5) is 4.39 Å². The third kappa shape index (κ3) is 2.70. The molecule has 0 unspecified atom stereocenters. The summed E-state index contributed by atoms with van der Waals surface area (Å²) < 4.78 is 13.3. The number of aromatic hydroxyl groups is 1. The monoisotopic (exact) mass is 222 g/mol. The Morgan fingerprint density at radius 3 is 2.88 bits per heavy atom. The molecule has 1 aromatic carbocycles. The lowest BCUT2D eigenvalue weighted by atomic mass is 10.1. The molecule has 84 valence electrons. The zero-order chi connectivity index (χ0) is 12.1. The predicted molar refractivity (Wildman–Crippen MR) is 55.2 cm³/mol. The molecule has 0 aliphatic rings. The van der Waals surface area contributed by atoms with Gasteiger partial charge in [0.25, 0.3) is 5.91 Å². The predicted octanol–water partition coefficient (Wildman–Crippen LogP) is 1.56. The van der Waals surface area contributed by atoms with E-state index in [1.54, 1.807) is 6.92 Å². The van der Waals surface area contributed by atoms with Gasteiger partial charge in [0.05, 0.1) is 11.6 Å². The summed E-state index contributed by atoms with van der Waals surface area (Å²) in [7, 11) is 0. The number of hydrogen-bond acceptors (Lipinski definition) is 3. The molecular weight excluding hydrogens is 211 g/mol. The van der Waals surface area contributed by atoms with Crippen molar-refractivity contribution in [2.75, 3.05) is 0 Å². The number of halogens is 1. The van der Waals surface area contributed by atoms with E-state index in [2.05, 4.69) is 5.32 Å². The van der Waals surface area contributed by atoms with E-state index in [-0.39, 0.29) is 11.3 Å². The third-order valence-corrected chi connectivity index (χ3v) is 2.07. The van der Waals surface area contributed by atoms with Gasteiger partial charge in [-0.15, -0.1) is 0 Å². The van der Waals surface area contributed by atoms with Crippen LogP contribution < -0.4 is 5.32 Å². The first-order valence-electron chi connectivity index (χ1n) is 4.77. The summed E-state index contributed by atoms with van der Waals surface area (Å²) in [6.07, 6.45) is 0.446. The van der Waals surface area contributed by atoms with Crippen molar-refractivity contribution in [1.82, 2.24) is 5.32 Å². The molecule has 0 fully saturated rings. The molecule has 16 heavy (non-hydrogen) atoms. The lowest BCUT2D eigenvalue weighted by Crippen LogP contribution is -2.33. The second-order valence-electron chi connectivity index (χ2n) is 3.23. The fraction of sp³-hybridized carbons (Fsp3) is 0.273. The summed E-state index contributed by atoms with van der Waals surface area (Å²) in [5.74, 6) is -1.72. The first kappa shape index (κ1) is 12.0. The molecule has 0 aromatic heterocycles. The molecule has 5 heteroatoms. The Bertz CT molecular complexity index is 440.